The van der Waals surface area contributed by atoms with Crippen LogP contribution in [0.4, 0.5) is 4.39 Å². The molecule has 0 spiro atoms. The molecule has 0 heterocycles. The number of hydrogen-bond donors (Lipinski definition) is 1. The molecule has 0 saturated carbocycles. The maximum atomic E-state index is 13.1. The van der Waals surface area contributed by atoms with Crippen LogP contribution in [0.5, 0.6) is 0 Å². The summed E-state index contributed by atoms with van der Waals surface area (Å²) in [7, 11) is 0. The third-order valence-corrected chi connectivity index (χ3v) is 1.71. The Morgan fingerprint density at radius 3 is 2.46 bits per heavy atom. The van der Waals surface area contributed by atoms with E-state index in [-0.39, 0.29) is 17.6 Å². The first-order valence-electron chi connectivity index (χ1n) is 3.85. The molecule has 0 bridgehead atoms. The zero-order valence-electron chi connectivity index (χ0n) is 7.59. The lowest BCUT2D eigenvalue weighted by Gasteiger charge is -2.08. The molecule has 72 valence electrons. The van der Waals surface area contributed by atoms with Crippen LogP contribution in [0, 0.1) is 0 Å². The molecule has 3 heteroatoms. The molecule has 0 aromatic carbocycles. The molecule has 0 fully saturated rings. The molecule has 0 saturated heterocycles. The van der Waals surface area contributed by atoms with Crippen LogP contribution in [0.25, 0.3) is 0 Å². The number of alkyl halides is 1. The zero-order chi connectivity index (χ0) is 10.4. The van der Waals surface area contributed by atoms with Gasteiger partial charge in [0.25, 0.3) is 0 Å². The van der Waals surface area contributed by atoms with Gasteiger partial charge in [0.05, 0.1) is 0 Å². The molecule has 0 aliphatic heterocycles. The van der Waals surface area contributed by atoms with Gasteiger partial charge in [-0.05, 0) is 18.9 Å². The maximum Gasteiger partial charge on any atom is 0.331 e. The Bertz CT molecular complexity index is 254. The van der Waals surface area contributed by atoms with E-state index in [9.17, 15) is 9.18 Å². The first-order valence-corrected chi connectivity index (χ1v) is 3.85. The Morgan fingerprint density at radius 1 is 1.62 bits per heavy atom. The molecule has 1 atom stereocenters. The molecular formula is C10H13FO2. The lowest BCUT2D eigenvalue weighted by atomic mass is 10.0. The van der Waals surface area contributed by atoms with Crippen molar-refractivity contribution >= 4 is 5.97 Å². The van der Waals surface area contributed by atoms with Crippen molar-refractivity contribution in [3.05, 3.63) is 36.5 Å². The van der Waals surface area contributed by atoms with Crippen LogP contribution in [-0.2, 0) is 4.79 Å². The SMILES string of the molecule is C=CC/C(=C(/C)C(=O)O)C(F)C=C. The van der Waals surface area contributed by atoms with Crippen molar-refractivity contribution in [1.82, 2.24) is 0 Å². The summed E-state index contributed by atoms with van der Waals surface area (Å²) in [5.41, 5.74) is 0.227. The topological polar surface area (TPSA) is 37.3 Å². The minimum absolute atomic E-state index is 0.0206. The number of hydrogen-bond acceptors (Lipinski definition) is 1. The van der Waals surface area contributed by atoms with Crippen molar-refractivity contribution in [3.8, 4) is 0 Å². The largest absolute Gasteiger partial charge is 0.478 e. The lowest BCUT2D eigenvalue weighted by molar-refractivity contribution is -0.132. The van der Waals surface area contributed by atoms with E-state index in [1.165, 1.54) is 13.0 Å². The monoisotopic (exact) mass is 184 g/mol. The molecular weight excluding hydrogens is 171 g/mol. The molecule has 0 aliphatic rings. The van der Waals surface area contributed by atoms with E-state index in [0.717, 1.165) is 6.08 Å². The molecule has 1 unspecified atom stereocenters. The van der Waals surface area contributed by atoms with E-state index in [0.29, 0.717) is 0 Å². The Morgan fingerprint density at radius 2 is 2.15 bits per heavy atom. The molecule has 1 N–H and O–H groups in total. The van der Waals surface area contributed by atoms with Crippen molar-refractivity contribution in [2.45, 2.75) is 19.5 Å². The quantitative estimate of drug-likeness (QED) is 0.526. The van der Waals surface area contributed by atoms with Crippen LogP contribution in [0.15, 0.2) is 36.5 Å². The summed E-state index contributed by atoms with van der Waals surface area (Å²) < 4.78 is 13.1. The second kappa shape index (κ2) is 5.30. The fourth-order valence-corrected chi connectivity index (χ4v) is 0.908. The van der Waals surface area contributed by atoms with E-state index in [1.54, 1.807) is 0 Å². The third kappa shape index (κ3) is 3.23. The van der Waals surface area contributed by atoms with Gasteiger partial charge in [0, 0.05) is 5.57 Å². The van der Waals surface area contributed by atoms with E-state index >= 15 is 0 Å². The van der Waals surface area contributed by atoms with Crippen LogP contribution in [-0.4, -0.2) is 17.2 Å². The molecule has 2 nitrogen and oxygen atoms in total. The minimum Gasteiger partial charge on any atom is -0.478 e. The first kappa shape index (κ1) is 11.6. The predicted molar refractivity (Wildman–Crippen MR) is 50.2 cm³/mol. The van der Waals surface area contributed by atoms with Gasteiger partial charge < -0.3 is 5.11 Å². The van der Waals surface area contributed by atoms with Crippen LogP contribution in [0.3, 0.4) is 0 Å². The zero-order valence-corrected chi connectivity index (χ0v) is 7.59. The maximum absolute atomic E-state index is 13.1. The smallest absolute Gasteiger partial charge is 0.331 e. The fourth-order valence-electron chi connectivity index (χ4n) is 0.908. The lowest BCUT2D eigenvalue weighted by Crippen LogP contribution is -2.08. The highest BCUT2D eigenvalue weighted by Gasteiger charge is 2.14. The Balaban J connectivity index is 4.96. The highest BCUT2D eigenvalue weighted by Crippen LogP contribution is 2.17. The van der Waals surface area contributed by atoms with Gasteiger partial charge in [0.1, 0.15) is 6.17 Å². The van der Waals surface area contributed by atoms with Gasteiger partial charge in [0.15, 0.2) is 0 Å². The van der Waals surface area contributed by atoms with Crippen LogP contribution >= 0.6 is 0 Å². The molecule has 0 aromatic heterocycles. The molecule has 0 amide bonds. The van der Waals surface area contributed by atoms with Gasteiger partial charge >= 0.3 is 5.97 Å². The van der Waals surface area contributed by atoms with Crippen molar-refractivity contribution in [1.29, 1.82) is 0 Å². The summed E-state index contributed by atoms with van der Waals surface area (Å²) in [5, 5.41) is 8.63. The fraction of sp³-hybridized carbons (Fsp3) is 0.300. The van der Waals surface area contributed by atoms with Gasteiger partial charge in [-0.25, -0.2) is 9.18 Å². The summed E-state index contributed by atoms with van der Waals surface area (Å²) in [4.78, 5) is 10.5. The molecule has 0 radical (unpaired) electrons. The minimum atomic E-state index is -1.41. The summed E-state index contributed by atoms with van der Waals surface area (Å²) in [6, 6.07) is 0. The summed E-state index contributed by atoms with van der Waals surface area (Å²) in [6.07, 6.45) is 1.36. The van der Waals surface area contributed by atoms with Crippen LogP contribution in [0.2, 0.25) is 0 Å². The van der Waals surface area contributed by atoms with Gasteiger partial charge in [-0.3, -0.25) is 0 Å². The van der Waals surface area contributed by atoms with Gasteiger partial charge in [0.2, 0.25) is 0 Å². The van der Waals surface area contributed by atoms with E-state index < -0.39 is 12.1 Å². The summed E-state index contributed by atoms with van der Waals surface area (Å²) in [6.45, 7) is 8.07. The highest BCUT2D eigenvalue weighted by molar-refractivity contribution is 5.87. The van der Waals surface area contributed by atoms with Crippen molar-refractivity contribution in [2.75, 3.05) is 0 Å². The second-order valence-corrected chi connectivity index (χ2v) is 2.59. The number of carbonyl (C=O) groups is 1. The molecule has 0 rings (SSSR count). The number of rotatable bonds is 5. The van der Waals surface area contributed by atoms with Crippen molar-refractivity contribution < 1.29 is 14.3 Å². The third-order valence-electron chi connectivity index (χ3n) is 1.71. The average Bonchev–Trinajstić information content (AvgIpc) is 2.11. The van der Waals surface area contributed by atoms with Crippen molar-refractivity contribution in [3.63, 3.8) is 0 Å². The van der Waals surface area contributed by atoms with Crippen LogP contribution in [0.1, 0.15) is 13.3 Å². The predicted octanol–water partition coefficient (Wildman–Crippen LogP) is 2.49. The molecule has 0 aromatic rings. The first-order chi connectivity index (χ1) is 6.04. The molecule has 0 aliphatic carbocycles. The van der Waals surface area contributed by atoms with E-state index in [4.69, 9.17) is 5.11 Å². The summed E-state index contributed by atoms with van der Waals surface area (Å²) >= 11 is 0. The second-order valence-electron chi connectivity index (χ2n) is 2.59. The normalized spacial score (nSPS) is 14.3. The molecule has 13 heavy (non-hydrogen) atoms. The van der Waals surface area contributed by atoms with E-state index in [1.807, 2.05) is 0 Å². The van der Waals surface area contributed by atoms with Gasteiger partial charge in [-0.2, -0.15) is 0 Å². The number of allylic oxidation sites excluding steroid dienone is 3. The van der Waals surface area contributed by atoms with Crippen LogP contribution < -0.4 is 0 Å². The number of carboxylic acid groups (broad SMARTS) is 1. The standard InChI is InChI=1S/C10H13FO2/c1-4-6-8(9(11)5-2)7(3)10(12)13/h4-5,9H,1-2,6H2,3H3,(H,12,13)/b8-7+. The van der Waals surface area contributed by atoms with Crippen molar-refractivity contribution in [2.24, 2.45) is 0 Å². The average molecular weight is 184 g/mol. The number of halogens is 1. The van der Waals surface area contributed by atoms with Gasteiger partial charge in [-0.1, -0.05) is 18.7 Å². The Labute approximate surface area is 77.1 Å². The Hall–Kier alpha value is -1.38. The Kier molecular flexibility index (Phi) is 4.74. The number of aliphatic carboxylic acids is 1. The van der Waals surface area contributed by atoms with Gasteiger partial charge in [-0.15, -0.1) is 6.58 Å². The highest BCUT2D eigenvalue weighted by atomic mass is 19.1. The van der Waals surface area contributed by atoms with E-state index in [2.05, 4.69) is 13.2 Å². The number of carboxylic acids is 1. The summed E-state index contributed by atoms with van der Waals surface area (Å²) in [5.74, 6) is -1.11.